The minimum Gasteiger partial charge on any atom is -0.467 e. The predicted octanol–water partition coefficient (Wildman–Crippen LogP) is 2.65. The van der Waals surface area contributed by atoms with Gasteiger partial charge in [-0.3, -0.25) is 9.59 Å². The number of carbonyl (C=O) groups is 2. The highest BCUT2D eigenvalue weighted by Crippen LogP contribution is 2.12. The van der Waals surface area contributed by atoms with Gasteiger partial charge in [-0.2, -0.15) is 0 Å². The van der Waals surface area contributed by atoms with Gasteiger partial charge in [0.1, 0.15) is 11.8 Å². The third-order valence-electron chi connectivity index (χ3n) is 3.91. The molecule has 0 unspecified atom stereocenters. The lowest BCUT2D eigenvalue weighted by Crippen LogP contribution is -2.44. The molecular weight excluding hydrogens is 304 g/mol. The van der Waals surface area contributed by atoms with Gasteiger partial charge in [-0.05, 0) is 50.5 Å². The maximum atomic E-state index is 12.0. The van der Waals surface area contributed by atoms with E-state index in [1.807, 2.05) is 19.9 Å². The number of nitrogens with one attached hydrogen (secondary N) is 2. The smallest absolute Gasteiger partial charge is 0.242 e. The van der Waals surface area contributed by atoms with E-state index in [4.69, 9.17) is 4.42 Å². The number of amides is 2. The first-order chi connectivity index (χ1) is 11.5. The van der Waals surface area contributed by atoms with Gasteiger partial charge in [-0.25, -0.2) is 0 Å². The highest BCUT2D eigenvalue weighted by molar-refractivity contribution is 5.87. The molecule has 0 aliphatic carbocycles. The Morgan fingerprint density at radius 1 is 1.21 bits per heavy atom. The Labute approximate surface area is 142 Å². The first-order valence-corrected chi connectivity index (χ1v) is 8.11. The van der Waals surface area contributed by atoms with Crippen molar-refractivity contribution in [1.82, 2.24) is 10.6 Å². The molecule has 0 bridgehead atoms. The Morgan fingerprint density at radius 3 is 2.67 bits per heavy atom. The number of hydrogen-bond donors (Lipinski definition) is 2. The van der Waals surface area contributed by atoms with Crippen LogP contribution < -0.4 is 10.6 Å². The summed E-state index contributed by atoms with van der Waals surface area (Å²) < 4.78 is 5.15. The van der Waals surface area contributed by atoms with Crippen molar-refractivity contribution in [2.45, 2.75) is 46.2 Å². The third-order valence-corrected chi connectivity index (χ3v) is 3.91. The zero-order valence-electron chi connectivity index (χ0n) is 14.4. The molecule has 24 heavy (non-hydrogen) atoms. The molecule has 2 N–H and O–H groups in total. The summed E-state index contributed by atoms with van der Waals surface area (Å²) in [5, 5.41) is 5.46. The average molecular weight is 328 g/mol. The molecule has 1 heterocycles. The Hall–Kier alpha value is -2.56. The Kier molecular flexibility index (Phi) is 6.18. The number of carbonyl (C=O) groups excluding carboxylic acids is 2. The summed E-state index contributed by atoms with van der Waals surface area (Å²) in [6.45, 7) is 6.08. The number of aryl methyl sites for hydroxylation is 3. The summed E-state index contributed by atoms with van der Waals surface area (Å²) in [5.41, 5.74) is 3.56. The first-order valence-electron chi connectivity index (χ1n) is 8.11. The molecule has 0 aliphatic heterocycles. The second-order valence-corrected chi connectivity index (χ2v) is 6.02. The zero-order chi connectivity index (χ0) is 17.5. The summed E-state index contributed by atoms with van der Waals surface area (Å²) in [6.07, 6.45) is 2.58. The Balaban J connectivity index is 1.75. The molecule has 1 aromatic heterocycles. The molecule has 1 aromatic carbocycles. The van der Waals surface area contributed by atoms with Gasteiger partial charge >= 0.3 is 0 Å². The first kappa shape index (κ1) is 17.8. The number of furan rings is 1. The van der Waals surface area contributed by atoms with Crippen LogP contribution >= 0.6 is 0 Å². The van der Waals surface area contributed by atoms with Gasteiger partial charge in [0.15, 0.2) is 0 Å². The van der Waals surface area contributed by atoms with Crippen molar-refractivity contribution in [3.05, 3.63) is 59.0 Å². The summed E-state index contributed by atoms with van der Waals surface area (Å²) in [5.74, 6) is 0.318. The summed E-state index contributed by atoms with van der Waals surface area (Å²) in [4.78, 5) is 24.0. The molecule has 0 saturated heterocycles. The number of rotatable bonds is 7. The maximum absolute atomic E-state index is 12.0. The molecule has 0 aliphatic rings. The van der Waals surface area contributed by atoms with Gasteiger partial charge in [0.2, 0.25) is 11.8 Å². The fourth-order valence-electron chi connectivity index (χ4n) is 2.49. The van der Waals surface area contributed by atoms with Crippen LogP contribution in [0.15, 0.2) is 41.0 Å². The van der Waals surface area contributed by atoms with E-state index in [0.29, 0.717) is 25.1 Å². The van der Waals surface area contributed by atoms with Crippen LogP contribution in [0.1, 0.15) is 35.8 Å². The lowest BCUT2D eigenvalue weighted by Gasteiger charge is -2.14. The van der Waals surface area contributed by atoms with Crippen LogP contribution in [0.4, 0.5) is 0 Å². The molecule has 2 rings (SSSR count). The van der Waals surface area contributed by atoms with Crippen molar-refractivity contribution >= 4 is 11.8 Å². The molecule has 5 heteroatoms. The van der Waals surface area contributed by atoms with E-state index >= 15 is 0 Å². The Morgan fingerprint density at radius 2 is 2.00 bits per heavy atom. The van der Waals surface area contributed by atoms with Crippen molar-refractivity contribution in [1.29, 1.82) is 0 Å². The van der Waals surface area contributed by atoms with Crippen LogP contribution in [0, 0.1) is 13.8 Å². The van der Waals surface area contributed by atoms with Gasteiger partial charge in [-0.1, -0.05) is 23.8 Å². The second-order valence-electron chi connectivity index (χ2n) is 6.02. The molecule has 2 aromatic rings. The van der Waals surface area contributed by atoms with Crippen LogP contribution in [-0.2, 0) is 22.6 Å². The standard InChI is InChI=1S/C19H24N2O3/c1-13-6-7-16(14(2)11-13)8-9-18(22)21-15(3)19(23)20-12-17-5-4-10-24-17/h4-7,10-11,15H,8-9,12H2,1-3H3,(H,20,23)(H,21,22)/t15-/m0/s1. The van der Waals surface area contributed by atoms with E-state index in [1.54, 1.807) is 25.3 Å². The summed E-state index contributed by atoms with van der Waals surface area (Å²) in [6, 6.07) is 9.18. The van der Waals surface area contributed by atoms with Crippen molar-refractivity contribution in [3.8, 4) is 0 Å². The van der Waals surface area contributed by atoms with Crippen molar-refractivity contribution in [3.63, 3.8) is 0 Å². The number of hydrogen-bond acceptors (Lipinski definition) is 3. The predicted molar refractivity (Wildman–Crippen MR) is 92.4 cm³/mol. The number of benzene rings is 1. The van der Waals surface area contributed by atoms with Crippen molar-refractivity contribution < 1.29 is 14.0 Å². The van der Waals surface area contributed by atoms with E-state index in [0.717, 1.165) is 5.56 Å². The fourth-order valence-corrected chi connectivity index (χ4v) is 2.49. The highest BCUT2D eigenvalue weighted by Gasteiger charge is 2.15. The van der Waals surface area contributed by atoms with E-state index in [2.05, 4.69) is 22.8 Å². The molecule has 128 valence electrons. The molecule has 5 nitrogen and oxygen atoms in total. The average Bonchev–Trinajstić information content (AvgIpc) is 3.05. The van der Waals surface area contributed by atoms with Gasteiger partial charge < -0.3 is 15.1 Å². The van der Waals surface area contributed by atoms with Crippen LogP contribution in [-0.4, -0.2) is 17.9 Å². The van der Waals surface area contributed by atoms with Gasteiger partial charge in [0.05, 0.1) is 12.8 Å². The lowest BCUT2D eigenvalue weighted by molar-refractivity contribution is -0.128. The van der Waals surface area contributed by atoms with Crippen molar-refractivity contribution in [2.75, 3.05) is 0 Å². The largest absolute Gasteiger partial charge is 0.467 e. The minimum absolute atomic E-state index is 0.129. The monoisotopic (exact) mass is 328 g/mol. The van der Waals surface area contributed by atoms with E-state index in [-0.39, 0.29) is 11.8 Å². The quantitative estimate of drug-likeness (QED) is 0.821. The summed E-state index contributed by atoms with van der Waals surface area (Å²) >= 11 is 0. The molecule has 1 atom stereocenters. The second kappa shape index (κ2) is 8.34. The third kappa shape index (κ3) is 5.26. The fraction of sp³-hybridized carbons (Fsp3) is 0.368. The summed E-state index contributed by atoms with van der Waals surface area (Å²) in [7, 11) is 0. The van der Waals surface area contributed by atoms with Gasteiger partial charge in [-0.15, -0.1) is 0 Å². The van der Waals surface area contributed by atoms with Crippen LogP contribution in [0.5, 0.6) is 0 Å². The van der Waals surface area contributed by atoms with Gasteiger partial charge in [0.25, 0.3) is 0 Å². The van der Waals surface area contributed by atoms with E-state index in [1.165, 1.54) is 11.1 Å². The molecule has 0 radical (unpaired) electrons. The molecule has 2 amide bonds. The van der Waals surface area contributed by atoms with Gasteiger partial charge in [0, 0.05) is 6.42 Å². The molecule has 0 spiro atoms. The van der Waals surface area contributed by atoms with Crippen LogP contribution in [0.25, 0.3) is 0 Å². The molecule has 0 saturated carbocycles. The van der Waals surface area contributed by atoms with E-state index < -0.39 is 6.04 Å². The lowest BCUT2D eigenvalue weighted by atomic mass is 10.0. The minimum atomic E-state index is -0.577. The maximum Gasteiger partial charge on any atom is 0.242 e. The normalized spacial score (nSPS) is 11.8. The topological polar surface area (TPSA) is 71.3 Å². The SMILES string of the molecule is Cc1ccc(CCC(=O)N[C@@H](C)C(=O)NCc2ccco2)c(C)c1. The molecular formula is C19H24N2O3. The molecule has 0 fully saturated rings. The highest BCUT2D eigenvalue weighted by atomic mass is 16.3. The van der Waals surface area contributed by atoms with E-state index in [9.17, 15) is 9.59 Å². The zero-order valence-corrected chi connectivity index (χ0v) is 14.4. The van der Waals surface area contributed by atoms with Crippen LogP contribution in [0.3, 0.4) is 0 Å². The Bertz CT molecular complexity index is 693. The van der Waals surface area contributed by atoms with Crippen LogP contribution in [0.2, 0.25) is 0 Å². The van der Waals surface area contributed by atoms with Crippen molar-refractivity contribution in [2.24, 2.45) is 0 Å².